The summed E-state index contributed by atoms with van der Waals surface area (Å²) >= 11 is 0. The minimum absolute atomic E-state index is 0. The molecule has 1 aromatic carbocycles. The number of hydrogen-bond donors (Lipinski definition) is 1. The minimum atomic E-state index is 0. The van der Waals surface area contributed by atoms with E-state index in [0.717, 1.165) is 24.8 Å². The molecule has 1 fully saturated rings. The molecule has 1 N–H and O–H groups in total. The molecule has 126 valence electrons. The molecule has 1 heterocycles. The zero-order chi connectivity index (χ0) is 15.1. The highest BCUT2D eigenvalue weighted by Gasteiger charge is 2.19. The standard InChI is InChI=1S/C18H30N2O.ClH/c1-4-21-18-7-5-16(6-8-18)13-20(15(2)3)14-17-9-11-19-12-10-17;/h5-8,15,17,19H,4,9-14H2,1-3H3;1H. The van der Waals surface area contributed by atoms with Crippen LogP contribution in [-0.2, 0) is 6.54 Å². The molecule has 1 aliphatic heterocycles. The maximum atomic E-state index is 5.51. The lowest BCUT2D eigenvalue weighted by molar-refractivity contribution is 0.162. The molecular formula is C18H31ClN2O. The van der Waals surface area contributed by atoms with Gasteiger partial charge in [0, 0.05) is 19.1 Å². The van der Waals surface area contributed by atoms with Crippen LogP contribution < -0.4 is 10.1 Å². The van der Waals surface area contributed by atoms with Gasteiger partial charge in [0.05, 0.1) is 6.61 Å². The maximum Gasteiger partial charge on any atom is 0.119 e. The Morgan fingerprint density at radius 3 is 2.36 bits per heavy atom. The molecule has 0 unspecified atom stereocenters. The summed E-state index contributed by atoms with van der Waals surface area (Å²) in [5.41, 5.74) is 1.38. The highest BCUT2D eigenvalue weighted by atomic mass is 35.5. The number of benzene rings is 1. The van der Waals surface area contributed by atoms with Gasteiger partial charge in [-0.25, -0.2) is 0 Å². The van der Waals surface area contributed by atoms with Crippen molar-refractivity contribution in [1.29, 1.82) is 0 Å². The van der Waals surface area contributed by atoms with Crippen LogP contribution in [0.25, 0.3) is 0 Å². The van der Waals surface area contributed by atoms with Gasteiger partial charge in [-0.3, -0.25) is 4.90 Å². The molecule has 1 aliphatic rings. The Morgan fingerprint density at radius 1 is 1.18 bits per heavy atom. The van der Waals surface area contributed by atoms with Crippen LogP contribution >= 0.6 is 12.4 Å². The molecular weight excluding hydrogens is 296 g/mol. The molecule has 1 saturated heterocycles. The molecule has 1 aromatic rings. The van der Waals surface area contributed by atoms with Gasteiger partial charge in [-0.15, -0.1) is 12.4 Å². The molecule has 0 atom stereocenters. The van der Waals surface area contributed by atoms with Crippen molar-refractivity contribution in [2.75, 3.05) is 26.2 Å². The SMILES string of the molecule is CCOc1ccc(CN(CC2CCNCC2)C(C)C)cc1.Cl. The number of nitrogens with one attached hydrogen (secondary N) is 1. The van der Waals surface area contributed by atoms with E-state index in [1.165, 1.54) is 38.0 Å². The Morgan fingerprint density at radius 2 is 1.82 bits per heavy atom. The zero-order valence-electron chi connectivity index (χ0n) is 14.2. The van der Waals surface area contributed by atoms with E-state index >= 15 is 0 Å². The van der Waals surface area contributed by atoms with Crippen LogP contribution in [0.4, 0.5) is 0 Å². The van der Waals surface area contributed by atoms with Gasteiger partial charge in [0.2, 0.25) is 0 Å². The van der Waals surface area contributed by atoms with Gasteiger partial charge in [0.25, 0.3) is 0 Å². The van der Waals surface area contributed by atoms with Crippen molar-refractivity contribution in [3.05, 3.63) is 29.8 Å². The Labute approximate surface area is 141 Å². The lowest BCUT2D eigenvalue weighted by Crippen LogP contribution is -2.39. The van der Waals surface area contributed by atoms with Gasteiger partial charge >= 0.3 is 0 Å². The second-order valence-corrected chi connectivity index (χ2v) is 6.29. The summed E-state index contributed by atoms with van der Waals surface area (Å²) in [4.78, 5) is 2.60. The Kier molecular flexibility index (Phi) is 8.84. The molecule has 0 bridgehead atoms. The summed E-state index contributed by atoms with van der Waals surface area (Å²) < 4.78 is 5.51. The third-order valence-electron chi connectivity index (χ3n) is 4.30. The first-order chi connectivity index (χ1) is 10.2. The van der Waals surface area contributed by atoms with E-state index in [9.17, 15) is 0 Å². The summed E-state index contributed by atoms with van der Waals surface area (Å²) in [7, 11) is 0. The minimum Gasteiger partial charge on any atom is -0.494 e. The number of piperidine rings is 1. The predicted molar refractivity (Wildman–Crippen MR) is 96.0 cm³/mol. The first-order valence-electron chi connectivity index (χ1n) is 8.35. The van der Waals surface area contributed by atoms with Crippen LogP contribution in [0.1, 0.15) is 39.2 Å². The summed E-state index contributed by atoms with van der Waals surface area (Å²) in [5, 5.41) is 3.45. The summed E-state index contributed by atoms with van der Waals surface area (Å²) in [5.74, 6) is 1.81. The van der Waals surface area contributed by atoms with E-state index in [0.29, 0.717) is 6.04 Å². The van der Waals surface area contributed by atoms with E-state index < -0.39 is 0 Å². The molecule has 3 nitrogen and oxygen atoms in total. The Hall–Kier alpha value is -0.770. The summed E-state index contributed by atoms with van der Waals surface area (Å²) in [6.45, 7) is 12.0. The number of halogens is 1. The molecule has 4 heteroatoms. The van der Waals surface area contributed by atoms with Crippen molar-refractivity contribution >= 4 is 12.4 Å². The van der Waals surface area contributed by atoms with Crippen molar-refractivity contribution < 1.29 is 4.74 Å². The predicted octanol–water partition coefficient (Wildman–Crippen LogP) is 3.72. The van der Waals surface area contributed by atoms with E-state index in [1.807, 2.05) is 6.92 Å². The fourth-order valence-electron chi connectivity index (χ4n) is 2.95. The van der Waals surface area contributed by atoms with Gasteiger partial charge in [-0.05, 0) is 70.3 Å². The number of ether oxygens (including phenoxy) is 1. The van der Waals surface area contributed by atoms with Crippen molar-refractivity contribution in [3.63, 3.8) is 0 Å². The second-order valence-electron chi connectivity index (χ2n) is 6.29. The number of hydrogen-bond acceptors (Lipinski definition) is 3. The molecule has 0 amide bonds. The largest absolute Gasteiger partial charge is 0.494 e. The maximum absolute atomic E-state index is 5.51. The van der Waals surface area contributed by atoms with Crippen LogP contribution in [-0.4, -0.2) is 37.2 Å². The molecule has 0 aromatic heterocycles. The third-order valence-corrected chi connectivity index (χ3v) is 4.30. The molecule has 0 aliphatic carbocycles. The van der Waals surface area contributed by atoms with E-state index in [-0.39, 0.29) is 12.4 Å². The van der Waals surface area contributed by atoms with Crippen molar-refractivity contribution in [2.24, 2.45) is 5.92 Å². The van der Waals surface area contributed by atoms with Gasteiger partial charge in [-0.2, -0.15) is 0 Å². The highest BCUT2D eigenvalue weighted by molar-refractivity contribution is 5.85. The molecule has 2 rings (SSSR count). The van der Waals surface area contributed by atoms with Crippen molar-refractivity contribution in [1.82, 2.24) is 10.2 Å². The molecule has 22 heavy (non-hydrogen) atoms. The van der Waals surface area contributed by atoms with E-state index in [4.69, 9.17) is 4.74 Å². The third kappa shape index (κ3) is 6.15. The molecule has 0 spiro atoms. The van der Waals surface area contributed by atoms with Gasteiger partial charge in [0.1, 0.15) is 5.75 Å². The van der Waals surface area contributed by atoms with E-state index in [2.05, 4.69) is 48.3 Å². The zero-order valence-corrected chi connectivity index (χ0v) is 15.0. The van der Waals surface area contributed by atoms with Crippen LogP contribution in [0, 0.1) is 5.92 Å². The monoisotopic (exact) mass is 326 g/mol. The second kappa shape index (κ2) is 10.1. The fraction of sp³-hybridized carbons (Fsp3) is 0.667. The lowest BCUT2D eigenvalue weighted by Gasteiger charge is -2.32. The van der Waals surface area contributed by atoms with Crippen LogP contribution in [0.15, 0.2) is 24.3 Å². The van der Waals surface area contributed by atoms with Crippen molar-refractivity contribution in [3.8, 4) is 5.75 Å². The van der Waals surface area contributed by atoms with Crippen molar-refractivity contribution in [2.45, 2.75) is 46.2 Å². The van der Waals surface area contributed by atoms with E-state index in [1.54, 1.807) is 0 Å². The van der Waals surface area contributed by atoms with Gasteiger partial charge in [-0.1, -0.05) is 12.1 Å². The number of nitrogens with zero attached hydrogens (tertiary/aromatic N) is 1. The highest BCUT2D eigenvalue weighted by Crippen LogP contribution is 2.19. The number of rotatable bonds is 7. The topological polar surface area (TPSA) is 24.5 Å². The van der Waals surface area contributed by atoms with Gasteiger partial charge in [0.15, 0.2) is 0 Å². The first-order valence-corrected chi connectivity index (χ1v) is 8.35. The normalized spacial score (nSPS) is 15.9. The van der Waals surface area contributed by atoms with Gasteiger partial charge < -0.3 is 10.1 Å². The summed E-state index contributed by atoms with van der Waals surface area (Å²) in [6.07, 6.45) is 2.62. The first kappa shape index (κ1) is 19.3. The van der Waals surface area contributed by atoms with Crippen LogP contribution in [0.2, 0.25) is 0 Å². The average molecular weight is 327 g/mol. The Bertz CT molecular complexity index is 402. The molecule has 0 saturated carbocycles. The smallest absolute Gasteiger partial charge is 0.119 e. The van der Waals surface area contributed by atoms with Crippen LogP contribution in [0.5, 0.6) is 5.75 Å². The quantitative estimate of drug-likeness (QED) is 0.826. The Balaban J connectivity index is 0.00000242. The fourth-order valence-corrected chi connectivity index (χ4v) is 2.95. The average Bonchev–Trinajstić information content (AvgIpc) is 2.50. The van der Waals surface area contributed by atoms with Crippen LogP contribution in [0.3, 0.4) is 0 Å². The summed E-state index contributed by atoms with van der Waals surface area (Å²) in [6, 6.07) is 9.15. The molecule has 0 radical (unpaired) electrons. The lowest BCUT2D eigenvalue weighted by atomic mass is 9.96.